The molecule has 0 radical (unpaired) electrons. The topological polar surface area (TPSA) is 59.9 Å². The number of aryl methyl sites for hydroxylation is 1. The third kappa shape index (κ3) is 3.74. The molecule has 0 saturated heterocycles. The number of benzene rings is 1. The zero-order valence-electron chi connectivity index (χ0n) is 13.4. The van der Waals surface area contributed by atoms with Crippen molar-refractivity contribution in [2.75, 3.05) is 11.9 Å². The molecule has 1 unspecified atom stereocenters. The van der Waals surface area contributed by atoms with E-state index in [0.717, 1.165) is 29.1 Å². The predicted molar refractivity (Wildman–Crippen MR) is 91.7 cm³/mol. The normalized spacial score (nSPS) is 12.1. The van der Waals surface area contributed by atoms with Crippen LogP contribution >= 0.6 is 0 Å². The molecule has 0 fully saturated rings. The number of pyridine rings is 1. The van der Waals surface area contributed by atoms with Crippen LogP contribution in [0.5, 0.6) is 5.75 Å². The van der Waals surface area contributed by atoms with Crippen molar-refractivity contribution in [3.8, 4) is 5.75 Å². The van der Waals surface area contributed by atoms with Gasteiger partial charge in [0.25, 0.3) is 0 Å². The van der Waals surface area contributed by atoms with Gasteiger partial charge in [-0.1, -0.05) is 25.1 Å². The molecule has 0 bridgehead atoms. The quantitative estimate of drug-likeness (QED) is 0.754. The van der Waals surface area contributed by atoms with Crippen LogP contribution in [0.25, 0.3) is 11.2 Å². The first-order chi connectivity index (χ1) is 11.3. The lowest BCUT2D eigenvalue weighted by molar-refractivity contribution is 0.208. The van der Waals surface area contributed by atoms with E-state index < -0.39 is 0 Å². The van der Waals surface area contributed by atoms with E-state index in [1.165, 1.54) is 0 Å². The number of nitrogens with one attached hydrogen (secondary N) is 1. The molecule has 2 aromatic heterocycles. The molecule has 3 aromatic rings. The Morgan fingerprint density at radius 2 is 1.91 bits per heavy atom. The van der Waals surface area contributed by atoms with Gasteiger partial charge in [0, 0.05) is 12.4 Å². The first-order valence-corrected chi connectivity index (χ1v) is 7.80. The van der Waals surface area contributed by atoms with Gasteiger partial charge in [0.15, 0.2) is 5.65 Å². The first kappa shape index (κ1) is 15.2. The van der Waals surface area contributed by atoms with Crippen LogP contribution in [0.3, 0.4) is 0 Å². The van der Waals surface area contributed by atoms with E-state index in [0.29, 0.717) is 12.2 Å². The van der Waals surface area contributed by atoms with Crippen LogP contribution in [-0.2, 0) is 0 Å². The zero-order chi connectivity index (χ0) is 16.1. The second-order valence-electron chi connectivity index (χ2n) is 5.39. The highest BCUT2D eigenvalue weighted by atomic mass is 16.5. The number of hydrogen-bond donors (Lipinski definition) is 1. The molecule has 3 rings (SSSR count). The molecule has 1 atom stereocenters. The summed E-state index contributed by atoms with van der Waals surface area (Å²) in [6, 6.07) is 11.9. The number of fused-ring (bicyclic) bond motifs is 1. The summed E-state index contributed by atoms with van der Waals surface area (Å²) in [6.45, 7) is 4.85. The molecule has 2 heterocycles. The van der Waals surface area contributed by atoms with Gasteiger partial charge in [0.2, 0.25) is 0 Å². The average Bonchev–Trinajstić information content (AvgIpc) is 2.60. The lowest BCUT2D eigenvalue weighted by Crippen LogP contribution is -2.26. The van der Waals surface area contributed by atoms with Crippen molar-refractivity contribution < 1.29 is 4.74 Å². The lowest BCUT2D eigenvalue weighted by atomic mass is 10.2. The Labute approximate surface area is 135 Å². The van der Waals surface area contributed by atoms with E-state index in [1.807, 2.05) is 30.3 Å². The molecule has 5 heteroatoms. The third-order valence-corrected chi connectivity index (χ3v) is 3.69. The highest BCUT2D eigenvalue weighted by Crippen LogP contribution is 2.19. The van der Waals surface area contributed by atoms with Crippen molar-refractivity contribution in [1.82, 2.24) is 15.0 Å². The summed E-state index contributed by atoms with van der Waals surface area (Å²) in [6.07, 6.45) is 4.31. The van der Waals surface area contributed by atoms with Crippen LogP contribution in [0, 0.1) is 6.92 Å². The van der Waals surface area contributed by atoms with Gasteiger partial charge in [0.1, 0.15) is 23.2 Å². The monoisotopic (exact) mass is 308 g/mol. The number of rotatable bonds is 6. The Morgan fingerprint density at radius 1 is 1.09 bits per heavy atom. The fraction of sp³-hybridized carbons (Fsp3) is 0.278. The summed E-state index contributed by atoms with van der Waals surface area (Å²) < 4.78 is 6.09. The molecule has 1 N–H and O–H groups in total. The average molecular weight is 308 g/mol. The Balaban J connectivity index is 1.66. The van der Waals surface area contributed by atoms with Gasteiger partial charge in [-0.2, -0.15) is 0 Å². The maximum absolute atomic E-state index is 6.09. The van der Waals surface area contributed by atoms with Gasteiger partial charge in [-0.05, 0) is 37.1 Å². The standard InChI is InChI=1S/C18H20N4O/c1-3-14(23-16-7-5-4-6-13(16)2)12-21-17-9-8-15-18(22-17)20-11-10-19-15/h4-11,14H,3,12H2,1-2H3,(H,20,21,22). The predicted octanol–water partition coefficient (Wildman–Crippen LogP) is 3.60. The van der Waals surface area contributed by atoms with Gasteiger partial charge in [-0.15, -0.1) is 0 Å². The van der Waals surface area contributed by atoms with E-state index in [2.05, 4.69) is 40.2 Å². The second-order valence-corrected chi connectivity index (χ2v) is 5.39. The fourth-order valence-corrected chi connectivity index (χ4v) is 2.31. The van der Waals surface area contributed by atoms with Gasteiger partial charge < -0.3 is 10.1 Å². The first-order valence-electron chi connectivity index (χ1n) is 7.80. The molecule has 0 spiro atoms. The Morgan fingerprint density at radius 3 is 2.74 bits per heavy atom. The molecule has 0 aliphatic rings. The Kier molecular flexibility index (Phi) is 4.66. The maximum Gasteiger partial charge on any atom is 0.180 e. The van der Waals surface area contributed by atoms with Crippen LogP contribution in [0.15, 0.2) is 48.8 Å². The number of anilines is 1. The van der Waals surface area contributed by atoms with Crippen molar-refractivity contribution in [1.29, 1.82) is 0 Å². The summed E-state index contributed by atoms with van der Waals surface area (Å²) in [5.41, 5.74) is 2.58. The summed E-state index contributed by atoms with van der Waals surface area (Å²) in [4.78, 5) is 12.9. The van der Waals surface area contributed by atoms with E-state index in [9.17, 15) is 0 Å². The Bertz CT molecular complexity index is 791. The van der Waals surface area contributed by atoms with Crippen LogP contribution in [0.1, 0.15) is 18.9 Å². The highest BCUT2D eigenvalue weighted by Gasteiger charge is 2.10. The molecular weight excluding hydrogens is 288 g/mol. The van der Waals surface area contributed by atoms with Crippen molar-refractivity contribution in [2.45, 2.75) is 26.4 Å². The van der Waals surface area contributed by atoms with Crippen molar-refractivity contribution in [3.63, 3.8) is 0 Å². The number of aromatic nitrogens is 3. The van der Waals surface area contributed by atoms with Gasteiger partial charge in [-0.25, -0.2) is 9.97 Å². The fourth-order valence-electron chi connectivity index (χ4n) is 2.31. The highest BCUT2D eigenvalue weighted by molar-refractivity contribution is 5.71. The molecule has 0 aliphatic heterocycles. The lowest BCUT2D eigenvalue weighted by Gasteiger charge is -2.19. The molecule has 0 saturated carbocycles. The van der Waals surface area contributed by atoms with E-state index in [-0.39, 0.29) is 6.10 Å². The van der Waals surface area contributed by atoms with Crippen LogP contribution in [-0.4, -0.2) is 27.6 Å². The molecule has 5 nitrogen and oxygen atoms in total. The number of nitrogens with zero attached hydrogens (tertiary/aromatic N) is 3. The zero-order valence-corrected chi connectivity index (χ0v) is 13.4. The Hall–Kier alpha value is -2.69. The minimum atomic E-state index is 0.0791. The SMILES string of the molecule is CCC(CNc1ccc2nccnc2n1)Oc1ccccc1C. The molecule has 23 heavy (non-hydrogen) atoms. The minimum Gasteiger partial charge on any atom is -0.488 e. The van der Waals surface area contributed by atoms with Gasteiger partial charge >= 0.3 is 0 Å². The van der Waals surface area contributed by atoms with E-state index in [1.54, 1.807) is 12.4 Å². The van der Waals surface area contributed by atoms with Crippen molar-refractivity contribution >= 4 is 17.0 Å². The molecular formula is C18H20N4O. The van der Waals surface area contributed by atoms with Gasteiger partial charge in [-0.3, -0.25) is 4.98 Å². The maximum atomic E-state index is 6.09. The summed E-state index contributed by atoms with van der Waals surface area (Å²) >= 11 is 0. The number of para-hydroxylation sites is 1. The van der Waals surface area contributed by atoms with Crippen LogP contribution in [0.4, 0.5) is 5.82 Å². The largest absolute Gasteiger partial charge is 0.488 e. The number of ether oxygens (including phenoxy) is 1. The second kappa shape index (κ2) is 7.05. The smallest absolute Gasteiger partial charge is 0.180 e. The summed E-state index contributed by atoms with van der Waals surface area (Å²) in [5.74, 6) is 1.71. The van der Waals surface area contributed by atoms with Crippen molar-refractivity contribution in [2.24, 2.45) is 0 Å². The minimum absolute atomic E-state index is 0.0791. The van der Waals surface area contributed by atoms with E-state index >= 15 is 0 Å². The number of hydrogen-bond acceptors (Lipinski definition) is 5. The van der Waals surface area contributed by atoms with Gasteiger partial charge in [0.05, 0.1) is 6.54 Å². The molecule has 0 aliphatic carbocycles. The molecule has 1 aromatic carbocycles. The summed E-state index contributed by atoms with van der Waals surface area (Å²) in [7, 11) is 0. The van der Waals surface area contributed by atoms with Crippen LogP contribution in [0.2, 0.25) is 0 Å². The van der Waals surface area contributed by atoms with Crippen LogP contribution < -0.4 is 10.1 Å². The van der Waals surface area contributed by atoms with Crippen molar-refractivity contribution in [3.05, 3.63) is 54.4 Å². The molecule has 118 valence electrons. The third-order valence-electron chi connectivity index (χ3n) is 3.69. The summed E-state index contributed by atoms with van der Waals surface area (Å²) in [5, 5.41) is 3.32. The van der Waals surface area contributed by atoms with E-state index in [4.69, 9.17) is 4.74 Å². The molecule has 0 amide bonds.